The monoisotopic (exact) mass is 240 g/mol. The number of carboxylic acids is 1. The summed E-state index contributed by atoms with van der Waals surface area (Å²) in [5.74, 6) is -0.931. The van der Waals surface area contributed by atoms with E-state index in [0.717, 1.165) is 45.1 Å². The van der Waals surface area contributed by atoms with E-state index in [4.69, 9.17) is 5.11 Å². The van der Waals surface area contributed by atoms with Crippen molar-refractivity contribution in [1.82, 2.24) is 10.2 Å². The minimum Gasteiger partial charge on any atom is -0.480 e. The molecule has 1 heterocycles. The quantitative estimate of drug-likeness (QED) is 0.754. The Morgan fingerprint density at radius 1 is 1.18 bits per heavy atom. The predicted octanol–water partition coefficient (Wildman–Crippen LogP) is 0.594. The number of carbonyl (C=O) groups excluding carboxylic acids is 1. The number of rotatable bonds is 4. The van der Waals surface area contributed by atoms with Crippen molar-refractivity contribution in [2.45, 2.75) is 50.6 Å². The van der Waals surface area contributed by atoms with Crippen LogP contribution < -0.4 is 5.32 Å². The maximum atomic E-state index is 12.3. The van der Waals surface area contributed by atoms with E-state index in [2.05, 4.69) is 5.32 Å². The topological polar surface area (TPSA) is 69.6 Å². The zero-order valence-electron chi connectivity index (χ0n) is 10.0. The molecule has 0 radical (unpaired) electrons. The summed E-state index contributed by atoms with van der Waals surface area (Å²) in [6, 6.07) is -0.0176. The Labute approximate surface area is 101 Å². The maximum Gasteiger partial charge on any atom is 0.323 e. The van der Waals surface area contributed by atoms with Crippen LogP contribution in [0.1, 0.15) is 38.5 Å². The summed E-state index contributed by atoms with van der Waals surface area (Å²) >= 11 is 0. The van der Waals surface area contributed by atoms with E-state index in [1.54, 1.807) is 4.90 Å². The lowest BCUT2D eigenvalue weighted by Gasteiger charge is -2.29. The van der Waals surface area contributed by atoms with Crippen LogP contribution in [0, 0.1) is 0 Å². The van der Waals surface area contributed by atoms with E-state index in [-0.39, 0.29) is 24.5 Å². The van der Waals surface area contributed by atoms with E-state index >= 15 is 0 Å². The predicted molar refractivity (Wildman–Crippen MR) is 62.6 cm³/mol. The zero-order valence-corrected chi connectivity index (χ0v) is 10.0. The Morgan fingerprint density at radius 3 is 2.41 bits per heavy atom. The van der Waals surface area contributed by atoms with Gasteiger partial charge in [-0.1, -0.05) is 12.8 Å². The summed E-state index contributed by atoms with van der Waals surface area (Å²) < 4.78 is 0. The maximum absolute atomic E-state index is 12.3. The van der Waals surface area contributed by atoms with Gasteiger partial charge in [0.2, 0.25) is 5.91 Å². The van der Waals surface area contributed by atoms with Crippen LogP contribution in [0.2, 0.25) is 0 Å². The first kappa shape index (κ1) is 12.4. The van der Waals surface area contributed by atoms with Gasteiger partial charge in [0.05, 0.1) is 6.04 Å². The second kappa shape index (κ2) is 5.49. The molecule has 2 fully saturated rings. The molecule has 1 saturated carbocycles. The Morgan fingerprint density at radius 2 is 1.88 bits per heavy atom. The van der Waals surface area contributed by atoms with Gasteiger partial charge in [-0.3, -0.25) is 9.59 Å². The van der Waals surface area contributed by atoms with Gasteiger partial charge < -0.3 is 15.3 Å². The Kier molecular flexibility index (Phi) is 3.99. The molecule has 0 bridgehead atoms. The molecule has 1 saturated heterocycles. The highest BCUT2D eigenvalue weighted by Crippen LogP contribution is 2.24. The normalized spacial score (nSPS) is 25.1. The van der Waals surface area contributed by atoms with Crippen molar-refractivity contribution in [2.24, 2.45) is 0 Å². The molecule has 5 nitrogen and oxygen atoms in total. The average molecular weight is 240 g/mol. The van der Waals surface area contributed by atoms with E-state index in [9.17, 15) is 9.59 Å². The van der Waals surface area contributed by atoms with E-state index < -0.39 is 5.97 Å². The van der Waals surface area contributed by atoms with E-state index in [1.165, 1.54) is 0 Å². The molecule has 2 aliphatic rings. The molecule has 0 unspecified atom stereocenters. The Hall–Kier alpha value is -1.10. The molecule has 1 atom stereocenters. The number of aliphatic carboxylic acids is 1. The molecule has 17 heavy (non-hydrogen) atoms. The summed E-state index contributed by atoms with van der Waals surface area (Å²) in [6.07, 6.45) is 5.94. The number of hydrogen-bond donors (Lipinski definition) is 2. The summed E-state index contributed by atoms with van der Waals surface area (Å²) in [6.45, 7) is 0.712. The van der Waals surface area contributed by atoms with Gasteiger partial charge >= 0.3 is 5.97 Å². The standard InChI is InChI=1S/C12H20N2O3/c15-11(16)8-14(9-4-1-2-5-9)12(17)10-6-3-7-13-10/h9-10,13H,1-8H2,(H,15,16)/t10-/m1/s1. The lowest BCUT2D eigenvalue weighted by Crippen LogP contribution is -2.49. The van der Waals surface area contributed by atoms with E-state index in [0.29, 0.717) is 0 Å². The molecule has 2 rings (SSSR count). The Balaban J connectivity index is 2.02. The van der Waals surface area contributed by atoms with Crippen LogP contribution >= 0.6 is 0 Å². The number of amides is 1. The van der Waals surface area contributed by atoms with Gasteiger partial charge in [0.25, 0.3) is 0 Å². The number of nitrogens with zero attached hydrogens (tertiary/aromatic N) is 1. The second-order valence-electron chi connectivity index (χ2n) is 4.95. The largest absolute Gasteiger partial charge is 0.480 e. The van der Waals surface area contributed by atoms with Crippen LogP contribution in [0.4, 0.5) is 0 Å². The third-order valence-electron chi connectivity index (χ3n) is 3.71. The van der Waals surface area contributed by atoms with Gasteiger partial charge in [0.1, 0.15) is 6.54 Å². The number of carbonyl (C=O) groups is 2. The van der Waals surface area contributed by atoms with Crippen LogP contribution in [-0.2, 0) is 9.59 Å². The number of nitrogens with one attached hydrogen (secondary N) is 1. The van der Waals surface area contributed by atoms with Gasteiger partial charge in [-0.2, -0.15) is 0 Å². The first-order chi connectivity index (χ1) is 8.18. The van der Waals surface area contributed by atoms with Gasteiger partial charge in [0, 0.05) is 6.04 Å². The van der Waals surface area contributed by atoms with Crippen molar-refractivity contribution in [3.63, 3.8) is 0 Å². The van der Waals surface area contributed by atoms with E-state index in [1.807, 2.05) is 0 Å². The third kappa shape index (κ3) is 2.97. The first-order valence-electron chi connectivity index (χ1n) is 6.44. The van der Waals surface area contributed by atoms with Crippen LogP contribution in [0.3, 0.4) is 0 Å². The fourth-order valence-electron chi connectivity index (χ4n) is 2.84. The molecule has 0 spiro atoms. The summed E-state index contributed by atoms with van der Waals surface area (Å²) in [5.41, 5.74) is 0. The molecule has 0 aromatic rings. The summed E-state index contributed by atoms with van der Waals surface area (Å²) in [4.78, 5) is 24.7. The zero-order chi connectivity index (χ0) is 12.3. The van der Waals surface area contributed by atoms with Gasteiger partial charge in [-0.05, 0) is 32.2 Å². The van der Waals surface area contributed by atoms with Crippen LogP contribution in [-0.4, -0.2) is 47.1 Å². The molecule has 1 aliphatic heterocycles. The van der Waals surface area contributed by atoms with Crippen molar-refractivity contribution in [3.05, 3.63) is 0 Å². The van der Waals surface area contributed by atoms with Gasteiger partial charge in [0.15, 0.2) is 0 Å². The highest BCUT2D eigenvalue weighted by atomic mass is 16.4. The second-order valence-corrected chi connectivity index (χ2v) is 4.95. The van der Waals surface area contributed by atoms with Gasteiger partial charge in [-0.15, -0.1) is 0 Å². The fraction of sp³-hybridized carbons (Fsp3) is 0.833. The van der Waals surface area contributed by atoms with Crippen molar-refractivity contribution in [3.8, 4) is 0 Å². The first-order valence-corrected chi connectivity index (χ1v) is 6.44. The SMILES string of the molecule is O=C(O)CN(C(=O)[C@H]1CCCN1)C1CCCC1. The molecule has 0 aromatic carbocycles. The average Bonchev–Trinajstić information content (AvgIpc) is 2.96. The minimum atomic E-state index is -0.914. The highest BCUT2D eigenvalue weighted by molar-refractivity contribution is 5.86. The molecule has 96 valence electrons. The molecule has 1 aliphatic carbocycles. The molecular formula is C12H20N2O3. The van der Waals surface area contributed by atoms with Gasteiger partial charge in [-0.25, -0.2) is 0 Å². The van der Waals surface area contributed by atoms with Crippen molar-refractivity contribution in [1.29, 1.82) is 0 Å². The molecule has 0 aromatic heterocycles. The highest BCUT2D eigenvalue weighted by Gasteiger charge is 2.33. The molecular weight excluding hydrogens is 220 g/mol. The van der Waals surface area contributed by atoms with Crippen LogP contribution in [0.15, 0.2) is 0 Å². The minimum absolute atomic E-state index is 0.0169. The lowest BCUT2D eigenvalue weighted by molar-refractivity contribution is -0.147. The fourth-order valence-corrected chi connectivity index (χ4v) is 2.84. The molecule has 5 heteroatoms. The van der Waals surface area contributed by atoms with Crippen molar-refractivity contribution < 1.29 is 14.7 Å². The molecule has 2 N–H and O–H groups in total. The van der Waals surface area contributed by atoms with Crippen molar-refractivity contribution in [2.75, 3.05) is 13.1 Å². The summed E-state index contributed by atoms with van der Waals surface area (Å²) in [5, 5.41) is 12.1. The van der Waals surface area contributed by atoms with Crippen molar-refractivity contribution >= 4 is 11.9 Å². The number of carboxylic acid groups (broad SMARTS) is 1. The molecule has 1 amide bonds. The van der Waals surface area contributed by atoms with Crippen LogP contribution in [0.25, 0.3) is 0 Å². The lowest BCUT2D eigenvalue weighted by atomic mass is 10.1. The summed E-state index contributed by atoms with van der Waals surface area (Å²) in [7, 11) is 0. The third-order valence-corrected chi connectivity index (χ3v) is 3.71. The smallest absolute Gasteiger partial charge is 0.323 e. The van der Waals surface area contributed by atoms with Crippen LogP contribution in [0.5, 0.6) is 0 Å². The number of hydrogen-bond acceptors (Lipinski definition) is 3. The Bertz CT molecular complexity index is 294.